The van der Waals surface area contributed by atoms with E-state index in [4.69, 9.17) is 9.31 Å². The molecule has 0 bridgehead atoms. The fraction of sp³-hybridized carbons (Fsp3) is 0.625. The molecule has 0 aromatic carbocycles. The molecule has 2 rings (SSSR count). The lowest BCUT2D eigenvalue weighted by Crippen LogP contribution is -2.41. The van der Waals surface area contributed by atoms with E-state index in [-0.39, 0.29) is 11.2 Å². The van der Waals surface area contributed by atoms with Crippen molar-refractivity contribution >= 4 is 18.5 Å². The van der Waals surface area contributed by atoms with Crippen LogP contribution in [0.2, 0.25) is 0 Å². The standard InChI is InChI=1S/C14H21BN2O2.C2H6/c1-13(2)14(3,4)19-15(18-13)10-8-7-9-11(16-5)12(10)17-6;1-2/h7-9H,1-6H3;1-2H3. The molecule has 1 heterocycles. The maximum atomic E-state index is 6.07. The first kappa shape index (κ1) is 17.9. The molecule has 1 aliphatic carbocycles. The van der Waals surface area contributed by atoms with Crippen molar-refractivity contribution in [1.82, 2.24) is 0 Å². The predicted octanol–water partition coefficient (Wildman–Crippen LogP) is 3.28. The Kier molecular flexibility index (Phi) is 5.71. The van der Waals surface area contributed by atoms with Gasteiger partial charge in [-0.1, -0.05) is 26.0 Å². The van der Waals surface area contributed by atoms with Gasteiger partial charge < -0.3 is 9.31 Å². The maximum absolute atomic E-state index is 6.07. The van der Waals surface area contributed by atoms with E-state index in [0.717, 1.165) is 16.9 Å². The molecule has 0 unspecified atom stereocenters. The number of hydrogen-bond donors (Lipinski definition) is 0. The van der Waals surface area contributed by atoms with Gasteiger partial charge >= 0.3 is 7.12 Å². The summed E-state index contributed by atoms with van der Waals surface area (Å²) in [5.41, 5.74) is 1.94. The third-order valence-corrected chi connectivity index (χ3v) is 4.02. The minimum atomic E-state index is -0.398. The van der Waals surface area contributed by atoms with Crippen LogP contribution in [0.1, 0.15) is 41.5 Å². The van der Waals surface area contributed by atoms with E-state index < -0.39 is 7.12 Å². The Labute approximate surface area is 129 Å². The Morgan fingerprint density at radius 1 is 0.952 bits per heavy atom. The largest absolute Gasteiger partial charge is 0.497 e. The van der Waals surface area contributed by atoms with Gasteiger partial charge in [0, 0.05) is 19.6 Å². The molecule has 0 N–H and O–H groups in total. The summed E-state index contributed by atoms with van der Waals surface area (Å²) in [5.74, 6) is 0. The first-order chi connectivity index (χ1) is 9.82. The molecule has 1 aliphatic heterocycles. The second-order valence-corrected chi connectivity index (χ2v) is 5.75. The minimum absolute atomic E-state index is 0.345. The van der Waals surface area contributed by atoms with E-state index in [9.17, 15) is 0 Å². The van der Waals surface area contributed by atoms with Crippen molar-refractivity contribution in [2.45, 2.75) is 52.7 Å². The zero-order valence-electron chi connectivity index (χ0n) is 14.5. The number of rotatable bonds is 1. The SMILES string of the molecule is CC.CN=C1C=CC=C(B2OC(C)(C)C(C)(C)O2)C1=NC. The molecule has 5 heteroatoms. The zero-order chi connectivity index (χ0) is 16.3. The summed E-state index contributed by atoms with van der Waals surface area (Å²) in [5, 5.41) is 0. The molecular formula is C16H27BN2O2. The van der Waals surface area contributed by atoms with Crippen LogP contribution in [0, 0.1) is 0 Å². The fourth-order valence-corrected chi connectivity index (χ4v) is 2.13. The lowest BCUT2D eigenvalue weighted by atomic mass is 9.72. The number of nitrogens with zero attached hydrogens (tertiary/aromatic N) is 2. The van der Waals surface area contributed by atoms with E-state index in [1.165, 1.54) is 0 Å². The Bertz CT molecular complexity index is 486. The molecule has 0 saturated carbocycles. The predicted molar refractivity (Wildman–Crippen MR) is 91.4 cm³/mol. The van der Waals surface area contributed by atoms with Gasteiger partial charge in [0.15, 0.2) is 0 Å². The first-order valence-electron chi connectivity index (χ1n) is 7.50. The van der Waals surface area contributed by atoms with Gasteiger partial charge in [-0.3, -0.25) is 9.98 Å². The summed E-state index contributed by atoms with van der Waals surface area (Å²) in [7, 11) is 3.13. The summed E-state index contributed by atoms with van der Waals surface area (Å²) >= 11 is 0. The van der Waals surface area contributed by atoms with Crippen LogP contribution in [0.4, 0.5) is 0 Å². The highest BCUT2D eigenvalue weighted by Crippen LogP contribution is 2.39. The van der Waals surface area contributed by atoms with Crippen LogP contribution in [0.15, 0.2) is 33.7 Å². The van der Waals surface area contributed by atoms with Crippen LogP contribution in [-0.2, 0) is 9.31 Å². The van der Waals surface area contributed by atoms with E-state index in [1.807, 2.05) is 59.8 Å². The molecule has 2 aliphatic rings. The molecule has 21 heavy (non-hydrogen) atoms. The molecule has 0 radical (unpaired) electrons. The fourth-order valence-electron chi connectivity index (χ4n) is 2.13. The third-order valence-electron chi connectivity index (χ3n) is 4.02. The number of allylic oxidation sites excluding steroid dienone is 4. The van der Waals surface area contributed by atoms with Crippen molar-refractivity contribution in [3.05, 3.63) is 23.7 Å². The van der Waals surface area contributed by atoms with Crippen LogP contribution in [0.25, 0.3) is 0 Å². The molecule has 0 atom stereocenters. The van der Waals surface area contributed by atoms with Crippen molar-refractivity contribution in [3.8, 4) is 0 Å². The molecular weight excluding hydrogens is 263 g/mol. The zero-order valence-corrected chi connectivity index (χ0v) is 14.5. The van der Waals surface area contributed by atoms with Crippen LogP contribution in [0.5, 0.6) is 0 Å². The molecule has 1 saturated heterocycles. The van der Waals surface area contributed by atoms with Gasteiger partial charge in [-0.15, -0.1) is 0 Å². The van der Waals surface area contributed by atoms with Gasteiger partial charge in [-0.25, -0.2) is 0 Å². The highest BCUT2D eigenvalue weighted by Gasteiger charge is 2.53. The topological polar surface area (TPSA) is 43.2 Å². The number of hydrogen-bond acceptors (Lipinski definition) is 4. The molecule has 4 nitrogen and oxygen atoms in total. The molecule has 0 aromatic heterocycles. The average molecular weight is 290 g/mol. The monoisotopic (exact) mass is 290 g/mol. The lowest BCUT2D eigenvalue weighted by molar-refractivity contribution is 0.00578. The summed E-state index contributed by atoms with van der Waals surface area (Å²) in [4.78, 5) is 8.57. The summed E-state index contributed by atoms with van der Waals surface area (Å²) in [6.45, 7) is 12.2. The highest BCUT2D eigenvalue weighted by molar-refractivity contribution is 6.72. The smallest absolute Gasteiger partial charge is 0.399 e. The van der Waals surface area contributed by atoms with Gasteiger partial charge in [0.05, 0.1) is 22.6 Å². The van der Waals surface area contributed by atoms with Crippen LogP contribution < -0.4 is 0 Å². The molecule has 0 aromatic rings. The van der Waals surface area contributed by atoms with Gasteiger partial charge in [-0.05, 0) is 33.8 Å². The van der Waals surface area contributed by atoms with Crippen LogP contribution in [0.3, 0.4) is 0 Å². The molecule has 116 valence electrons. The van der Waals surface area contributed by atoms with Crippen molar-refractivity contribution in [2.75, 3.05) is 14.1 Å². The third kappa shape index (κ3) is 3.35. The Balaban J connectivity index is 0.00000106. The van der Waals surface area contributed by atoms with Gasteiger partial charge in [0.2, 0.25) is 0 Å². The van der Waals surface area contributed by atoms with Crippen molar-refractivity contribution < 1.29 is 9.31 Å². The normalized spacial score (nSPS) is 26.7. The number of aliphatic imine (C=N–C) groups is 2. The second kappa shape index (κ2) is 6.71. The van der Waals surface area contributed by atoms with Crippen molar-refractivity contribution in [3.63, 3.8) is 0 Å². The average Bonchev–Trinajstić information content (AvgIpc) is 2.68. The molecule has 0 amide bonds. The quantitative estimate of drug-likeness (QED) is 0.549. The summed E-state index contributed by atoms with van der Waals surface area (Å²) in [6, 6.07) is 0. The summed E-state index contributed by atoms with van der Waals surface area (Å²) in [6.07, 6.45) is 5.88. The van der Waals surface area contributed by atoms with Gasteiger partial charge in [0.25, 0.3) is 0 Å². The lowest BCUT2D eigenvalue weighted by Gasteiger charge is -2.32. The Morgan fingerprint density at radius 2 is 1.48 bits per heavy atom. The Hall–Kier alpha value is -1.20. The maximum Gasteiger partial charge on any atom is 0.497 e. The van der Waals surface area contributed by atoms with Crippen LogP contribution in [-0.4, -0.2) is 43.8 Å². The van der Waals surface area contributed by atoms with E-state index in [2.05, 4.69) is 9.98 Å². The summed E-state index contributed by atoms with van der Waals surface area (Å²) < 4.78 is 12.1. The van der Waals surface area contributed by atoms with Crippen molar-refractivity contribution in [2.24, 2.45) is 9.98 Å². The molecule has 0 spiro atoms. The van der Waals surface area contributed by atoms with Crippen molar-refractivity contribution in [1.29, 1.82) is 0 Å². The van der Waals surface area contributed by atoms with Gasteiger partial charge in [-0.2, -0.15) is 0 Å². The highest BCUT2D eigenvalue weighted by atomic mass is 16.7. The van der Waals surface area contributed by atoms with Gasteiger partial charge in [0.1, 0.15) is 0 Å². The first-order valence-corrected chi connectivity index (χ1v) is 7.50. The second-order valence-electron chi connectivity index (χ2n) is 5.75. The van der Waals surface area contributed by atoms with E-state index in [0.29, 0.717) is 0 Å². The minimum Gasteiger partial charge on any atom is -0.399 e. The van der Waals surface area contributed by atoms with E-state index >= 15 is 0 Å². The van der Waals surface area contributed by atoms with Crippen LogP contribution >= 0.6 is 0 Å². The molecule has 1 fully saturated rings. The Morgan fingerprint density at radius 3 is 1.90 bits per heavy atom. The van der Waals surface area contributed by atoms with E-state index in [1.54, 1.807) is 14.1 Å².